The molecule has 10 heteroatoms. The first-order chi connectivity index (χ1) is 15.7. The van der Waals surface area contributed by atoms with Crippen molar-refractivity contribution in [2.24, 2.45) is 0 Å². The van der Waals surface area contributed by atoms with Crippen LogP contribution in [0.15, 0.2) is 76.2 Å². The van der Waals surface area contributed by atoms with E-state index in [1.54, 1.807) is 0 Å². The molecule has 33 heavy (non-hydrogen) atoms. The highest BCUT2D eigenvalue weighted by atomic mass is 19.4. The zero-order valence-electron chi connectivity index (χ0n) is 17.3. The number of halogens is 3. The molecule has 2 aromatic heterocycles. The summed E-state index contributed by atoms with van der Waals surface area (Å²) >= 11 is 0. The van der Waals surface area contributed by atoms with Gasteiger partial charge in [-0.2, -0.15) is 18.2 Å². The number of hydrogen-bond donors (Lipinski definition) is 1. The fraction of sp³-hybridized carbons (Fsp3) is 0.130. The van der Waals surface area contributed by atoms with Gasteiger partial charge in [0.25, 0.3) is 11.4 Å². The topological polar surface area (TPSA) is 90.0 Å². The number of aromatic nitrogens is 3. The zero-order chi connectivity index (χ0) is 23.6. The summed E-state index contributed by atoms with van der Waals surface area (Å²) in [6.45, 7) is 1.44. The number of hydrogen-bond acceptors (Lipinski definition) is 5. The van der Waals surface area contributed by atoms with Crippen LogP contribution in [-0.2, 0) is 17.5 Å². The predicted octanol–water partition coefficient (Wildman–Crippen LogP) is 4.53. The SMILES string of the molecule is Cc1ccc(-c2noc(-c3cccn(CC(=O)Nc4ccccc4C(F)(F)F)c3=O)n2)cc1. The molecule has 0 atom stereocenters. The van der Waals surface area contributed by atoms with Gasteiger partial charge < -0.3 is 14.4 Å². The predicted molar refractivity (Wildman–Crippen MR) is 114 cm³/mol. The van der Waals surface area contributed by atoms with E-state index in [4.69, 9.17) is 4.52 Å². The van der Waals surface area contributed by atoms with E-state index in [-0.39, 0.29) is 17.1 Å². The number of rotatable bonds is 5. The van der Waals surface area contributed by atoms with Gasteiger partial charge in [0.1, 0.15) is 12.1 Å². The van der Waals surface area contributed by atoms with Crippen LogP contribution in [0.5, 0.6) is 0 Å². The summed E-state index contributed by atoms with van der Waals surface area (Å²) in [5, 5.41) is 6.10. The smallest absolute Gasteiger partial charge is 0.333 e. The van der Waals surface area contributed by atoms with E-state index < -0.39 is 29.8 Å². The fourth-order valence-corrected chi connectivity index (χ4v) is 3.16. The molecule has 0 bridgehead atoms. The molecular weight excluding hydrogens is 437 g/mol. The quantitative estimate of drug-likeness (QED) is 0.479. The molecule has 1 N–H and O–H groups in total. The molecule has 2 heterocycles. The van der Waals surface area contributed by atoms with Crippen molar-refractivity contribution < 1.29 is 22.5 Å². The number of pyridine rings is 1. The number of alkyl halides is 3. The van der Waals surface area contributed by atoms with Crippen LogP contribution in [0.25, 0.3) is 22.8 Å². The minimum atomic E-state index is -4.63. The Morgan fingerprint density at radius 1 is 1.06 bits per heavy atom. The number of benzene rings is 2. The molecular formula is C23H17F3N4O3. The van der Waals surface area contributed by atoms with Gasteiger partial charge in [0.2, 0.25) is 11.7 Å². The molecule has 0 aliphatic rings. The second kappa shape index (κ2) is 8.73. The van der Waals surface area contributed by atoms with Crippen LogP contribution in [-0.4, -0.2) is 20.6 Å². The molecule has 4 aromatic rings. The Kier molecular flexibility index (Phi) is 5.82. The molecule has 4 rings (SSSR count). The van der Waals surface area contributed by atoms with Crippen LogP contribution >= 0.6 is 0 Å². The van der Waals surface area contributed by atoms with E-state index in [9.17, 15) is 22.8 Å². The highest BCUT2D eigenvalue weighted by Gasteiger charge is 2.33. The van der Waals surface area contributed by atoms with Crippen molar-refractivity contribution in [1.29, 1.82) is 0 Å². The van der Waals surface area contributed by atoms with Crippen molar-refractivity contribution >= 4 is 11.6 Å². The lowest BCUT2D eigenvalue weighted by Gasteiger charge is -2.14. The maximum atomic E-state index is 13.1. The van der Waals surface area contributed by atoms with Crippen LogP contribution in [0.2, 0.25) is 0 Å². The third kappa shape index (κ3) is 4.84. The Labute approximate surface area is 185 Å². The third-order valence-electron chi connectivity index (χ3n) is 4.81. The van der Waals surface area contributed by atoms with E-state index in [1.165, 1.54) is 30.5 Å². The molecule has 2 aromatic carbocycles. The van der Waals surface area contributed by atoms with Gasteiger partial charge in [0.05, 0.1) is 11.3 Å². The summed E-state index contributed by atoms with van der Waals surface area (Å²) in [6.07, 6.45) is -3.29. The van der Waals surface area contributed by atoms with Crippen LogP contribution in [0, 0.1) is 6.92 Å². The number of carbonyl (C=O) groups is 1. The van der Waals surface area contributed by atoms with Crippen LogP contribution in [0.3, 0.4) is 0 Å². The summed E-state index contributed by atoms with van der Waals surface area (Å²) in [4.78, 5) is 29.5. The minimum absolute atomic E-state index is 0.0345. The largest absolute Gasteiger partial charge is 0.418 e. The van der Waals surface area contributed by atoms with Gasteiger partial charge in [-0.25, -0.2) is 0 Å². The number of carbonyl (C=O) groups excluding carboxylic acids is 1. The molecule has 0 aliphatic carbocycles. The van der Waals surface area contributed by atoms with Crippen molar-refractivity contribution in [2.75, 3.05) is 5.32 Å². The van der Waals surface area contributed by atoms with Gasteiger partial charge in [-0.05, 0) is 31.2 Å². The number of amides is 1. The Balaban J connectivity index is 1.56. The van der Waals surface area contributed by atoms with Gasteiger partial charge in [-0.3, -0.25) is 9.59 Å². The Morgan fingerprint density at radius 3 is 2.52 bits per heavy atom. The van der Waals surface area contributed by atoms with E-state index in [0.717, 1.165) is 22.3 Å². The van der Waals surface area contributed by atoms with Gasteiger partial charge in [-0.1, -0.05) is 47.1 Å². The van der Waals surface area contributed by atoms with Crippen molar-refractivity contribution in [3.8, 4) is 22.8 Å². The minimum Gasteiger partial charge on any atom is -0.333 e. The standard InChI is InChI=1S/C23H17F3N4O3/c1-14-8-10-15(11-9-14)20-28-21(33-29-20)16-5-4-12-30(22(16)32)13-19(31)27-18-7-3-2-6-17(18)23(24,25)26/h2-12H,13H2,1H3,(H,27,31). The molecule has 0 aliphatic heterocycles. The molecule has 0 saturated heterocycles. The monoisotopic (exact) mass is 454 g/mol. The Hall–Kier alpha value is -4.21. The van der Waals surface area contributed by atoms with E-state index in [2.05, 4.69) is 15.5 Å². The van der Waals surface area contributed by atoms with Crippen molar-refractivity contribution in [3.63, 3.8) is 0 Å². The molecule has 0 radical (unpaired) electrons. The highest BCUT2D eigenvalue weighted by molar-refractivity contribution is 5.91. The van der Waals surface area contributed by atoms with Gasteiger partial charge in [-0.15, -0.1) is 0 Å². The molecule has 0 spiro atoms. The maximum absolute atomic E-state index is 13.1. The molecule has 1 amide bonds. The van der Waals surface area contributed by atoms with Crippen molar-refractivity contribution in [3.05, 3.63) is 88.3 Å². The first kappa shape index (κ1) is 22.0. The second-order valence-electron chi connectivity index (χ2n) is 7.24. The van der Waals surface area contributed by atoms with E-state index in [0.29, 0.717) is 11.4 Å². The van der Waals surface area contributed by atoms with Crippen molar-refractivity contribution in [1.82, 2.24) is 14.7 Å². The number of para-hydroxylation sites is 1. The highest BCUT2D eigenvalue weighted by Crippen LogP contribution is 2.34. The van der Waals surface area contributed by atoms with Crippen LogP contribution in [0.1, 0.15) is 11.1 Å². The molecule has 0 fully saturated rings. The maximum Gasteiger partial charge on any atom is 0.418 e. The van der Waals surface area contributed by atoms with Gasteiger partial charge in [0.15, 0.2) is 0 Å². The number of aryl methyl sites for hydroxylation is 1. The molecule has 0 unspecified atom stereocenters. The van der Waals surface area contributed by atoms with E-state index >= 15 is 0 Å². The number of anilines is 1. The van der Waals surface area contributed by atoms with Crippen molar-refractivity contribution in [2.45, 2.75) is 19.6 Å². The first-order valence-corrected chi connectivity index (χ1v) is 9.79. The number of nitrogens with zero attached hydrogens (tertiary/aromatic N) is 3. The summed E-state index contributed by atoms with van der Waals surface area (Å²) in [7, 11) is 0. The average molecular weight is 454 g/mol. The average Bonchev–Trinajstić information content (AvgIpc) is 3.25. The number of nitrogens with one attached hydrogen (secondary N) is 1. The summed E-state index contributed by atoms with van der Waals surface area (Å²) < 4.78 is 45.7. The van der Waals surface area contributed by atoms with Crippen LogP contribution < -0.4 is 10.9 Å². The lowest BCUT2D eigenvalue weighted by Crippen LogP contribution is -2.28. The Morgan fingerprint density at radius 2 is 1.79 bits per heavy atom. The summed E-state index contributed by atoms with van der Waals surface area (Å²) in [5.41, 5.74) is -0.144. The Bertz CT molecular complexity index is 1360. The summed E-state index contributed by atoms with van der Waals surface area (Å²) in [5.74, 6) is -0.536. The molecule has 168 valence electrons. The van der Waals surface area contributed by atoms with E-state index in [1.807, 2.05) is 31.2 Å². The zero-order valence-corrected chi connectivity index (χ0v) is 17.3. The second-order valence-corrected chi connectivity index (χ2v) is 7.24. The first-order valence-electron chi connectivity index (χ1n) is 9.79. The van der Waals surface area contributed by atoms with Gasteiger partial charge in [0, 0.05) is 11.8 Å². The molecule has 7 nitrogen and oxygen atoms in total. The lowest BCUT2D eigenvalue weighted by atomic mass is 10.1. The normalized spacial score (nSPS) is 11.4. The van der Waals surface area contributed by atoms with Crippen LogP contribution in [0.4, 0.5) is 18.9 Å². The fourth-order valence-electron chi connectivity index (χ4n) is 3.16. The summed E-state index contributed by atoms with van der Waals surface area (Å²) in [6, 6.07) is 15.0. The lowest BCUT2D eigenvalue weighted by molar-refractivity contribution is -0.137. The van der Waals surface area contributed by atoms with Gasteiger partial charge >= 0.3 is 6.18 Å². The third-order valence-corrected chi connectivity index (χ3v) is 4.81. The molecule has 0 saturated carbocycles.